The molecule has 138 valence electrons. The average molecular weight is 370 g/mol. The van der Waals surface area contributed by atoms with Crippen molar-refractivity contribution in [3.05, 3.63) is 80.4 Å². The molecule has 27 heavy (non-hydrogen) atoms. The number of benzene rings is 2. The Morgan fingerprint density at radius 2 is 1.89 bits per heavy atom. The van der Waals surface area contributed by atoms with Gasteiger partial charge in [0.15, 0.2) is 0 Å². The quantitative estimate of drug-likeness (QED) is 0.630. The molecule has 0 atom stereocenters. The normalized spacial score (nSPS) is 14.8. The van der Waals surface area contributed by atoms with Gasteiger partial charge in [0, 0.05) is 23.3 Å². The van der Waals surface area contributed by atoms with Gasteiger partial charge in [-0.15, -0.1) is 0 Å². The van der Waals surface area contributed by atoms with E-state index in [2.05, 4.69) is 0 Å². The number of nitrogens with two attached hydrogens (primary N) is 1. The smallest absolute Gasteiger partial charge is 0.270 e. The SMILES string of the molecule is Cc1c(C(N)=O)cc([N+](=O)[O-])cc1C(=C1CC=Cc2ccccc21)C(F)F. The van der Waals surface area contributed by atoms with Crippen molar-refractivity contribution in [2.45, 2.75) is 19.8 Å². The Balaban J connectivity index is 2.37. The van der Waals surface area contributed by atoms with Crippen LogP contribution in [0.4, 0.5) is 14.5 Å². The molecule has 0 fully saturated rings. The molecular weight excluding hydrogens is 354 g/mol. The van der Waals surface area contributed by atoms with E-state index in [-0.39, 0.29) is 28.7 Å². The number of carbonyl (C=O) groups excluding carboxylic acids is 1. The molecule has 0 bridgehead atoms. The van der Waals surface area contributed by atoms with Crippen LogP contribution in [-0.2, 0) is 0 Å². The largest absolute Gasteiger partial charge is 0.366 e. The lowest BCUT2D eigenvalue weighted by molar-refractivity contribution is -0.384. The van der Waals surface area contributed by atoms with Crippen LogP contribution in [0.3, 0.4) is 0 Å². The zero-order chi connectivity index (χ0) is 19.7. The molecule has 0 aliphatic heterocycles. The second-order valence-corrected chi connectivity index (χ2v) is 6.17. The van der Waals surface area contributed by atoms with E-state index in [1.807, 2.05) is 12.1 Å². The predicted octanol–water partition coefficient (Wildman–Crippen LogP) is 4.59. The number of nitrogens with zero attached hydrogens (tertiary/aromatic N) is 1. The van der Waals surface area contributed by atoms with Crippen LogP contribution in [0.1, 0.15) is 39.0 Å². The highest BCUT2D eigenvalue weighted by molar-refractivity contribution is 6.01. The Bertz CT molecular complexity index is 1010. The molecule has 0 heterocycles. The van der Waals surface area contributed by atoms with E-state index >= 15 is 0 Å². The minimum atomic E-state index is -2.89. The number of halogens is 2. The maximum Gasteiger partial charge on any atom is 0.270 e. The third kappa shape index (κ3) is 3.36. The van der Waals surface area contributed by atoms with Gasteiger partial charge in [0.05, 0.1) is 4.92 Å². The first-order chi connectivity index (χ1) is 12.8. The molecule has 2 aromatic rings. The monoisotopic (exact) mass is 370 g/mol. The summed E-state index contributed by atoms with van der Waals surface area (Å²) in [5, 5.41) is 11.2. The van der Waals surface area contributed by atoms with E-state index in [0.717, 1.165) is 17.7 Å². The number of nitro groups is 1. The van der Waals surface area contributed by atoms with Gasteiger partial charge in [-0.2, -0.15) is 0 Å². The molecule has 0 aromatic heterocycles. The number of allylic oxidation sites excluding steroid dienone is 3. The van der Waals surface area contributed by atoms with Crippen LogP contribution < -0.4 is 5.73 Å². The molecule has 1 aliphatic rings. The lowest BCUT2D eigenvalue weighted by Gasteiger charge is -2.21. The molecule has 0 unspecified atom stereocenters. The van der Waals surface area contributed by atoms with Gasteiger partial charge in [-0.05, 0) is 41.2 Å². The fourth-order valence-corrected chi connectivity index (χ4v) is 3.34. The van der Waals surface area contributed by atoms with E-state index in [0.29, 0.717) is 11.1 Å². The summed E-state index contributed by atoms with van der Waals surface area (Å²) in [4.78, 5) is 22.2. The van der Waals surface area contributed by atoms with Crippen molar-refractivity contribution in [3.8, 4) is 0 Å². The first-order valence-electron chi connectivity index (χ1n) is 8.17. The molecule has 0 spiro atoms. The standard InChI is InChI=1S/C20H16F2N2O3/c1-11-16(9-13(24(26)27)10-17(11)20(23)25)18(19(21)22)15-8-4-6-12-5-2-3-7-14(12)15/h2-7,9-10,19H,8H2,1H3,(H2,23,25). The zero-order valence-corrected chi connectivity index (χ0v) is 14.4. The highest BCUT2D eigenvalue weighted by Crippen LogP contribution is 2.40. The van der Waals surface area contributed by atoms with Crippen LogP contribution in [0.25, 0.3) is 17.2 Å². The Kier molecular flexibility index (Phi) is 4.85. The lowest BCUT2D eigenvalue weighted by atomic mass is 9.84. The minimum absolute atomic E-state index is 0.0342. The fourth-order valence-electron chi connectivity index (χ4n) is 3.34. The molecule has 0 saturated heterocycles. The molecule has 3 rings (SSSR count). The summed E-state index contributed by atoms with van der Waals surface area (Å²) in [6.07, 6.45) is 0.977. The second-order valence-electron chi connectivity index (χ2n) is 6.17. The number of carbonyl (C=O) groups is 1. The van der Waals surface area contributed by atoms with Crippen molar-refractivity contribution >= 4 is 28.8 Å². The molecule has 5 nitrogen and oxygen atoms in total. The summed E-state index contributed by atoms with van der Waals surface area (Å²) in [5.74, 6) is -0.903. The topological polar surface area (TPSA) is 86.2 Å². The summed E-state index contributed by atoms with van der Waals surface area (Å²) < 4.78 is 28.3. The Labute approximate surface area is 154 Å². The maximum absolute atomic E-state index is 14.1. The molecule has 7 heteroatoms. The van der Waals surface area contributed by atoms with Gasteiger partial charge in [-0.25, -0.2) is 8.78 Å². The molecule has 1 aliphatic carbocycles. The Hall–Kier alpha value is -3.35. The van der Waals surface area contributed by atoms with Crippen LogP contribution in [0.2, 0.25) is 0 Å². The summed E-state index contributed by atoms with van der Waals surface area (Å²) >= 11 is 0. The van der Waals surface area contributed by atoms with Gasteiger partial charge in [0.2, 0.25) is 5.91 Å². The number of alkyl halides is 2. The molecular formula is C20H16F2N2O3. The highest BCUT2D eigenvalue weighted by atomic mass is 19.3. The van der Waals surface area contributed by atoms with Crippen LogP contribution >= 0.6 is 0 Å². The predicted molar refractivity (Wildman–Crippen MR) is 99.3 cm³/mol. The van der Waals surface area contributed by atoms with Crippen molar-refractivity contribution in [3.63, 3.8) is 0 Å². The number of rotatable bonds is 4. The van der Waals surface area contributed by atoms with Gasteiger partial charge >= 0.3 is 0 Å². The van der Waals surface area contributed by atoms with Gasteiger partial charge in [0.1, 0.15) is 0 Å². The van der Waals surface area contributed by atoms with Gasteiger partial charge in [-0.1, -0.05) is 36.4 Å². The maximum atomic E-state index is 14.1. The van der Waals surface area contributed by atoms with E-state index in [4.69, 9.17) is 5.73 Å². The van der Waals surface area contributed by atoms with Gasteiger partial charge in [0.25, 0.3) is 12.1 Å². The number of non-ortho nitro benzene ring substituents is 1. The van der Waals surface area contributed by atoms with Crippen molar-refractivity contribution < 1.29 is 18.5 Å². The fraction of sp³-hybridized carbons (Fsp3) is 0.150. The third-order valence-electron chi connectivity index (χ3n) is 4.61. The number of fused-ring (bicyclic) bond motifs is 1. The third-order valence-corrected chi connectivity index (χ3v) is 4.61. The van der Waals surface area contributed by atoms with Crippen molar-refractivity contribution in [2.75, 3.05) is 0 Å². The van der Waals surface area contributed by atoms with Crippen LogP contribution in [-0.4, -0.2) is 17.3 Å². The number of nitro benzene ring substituents is 1. The van der Waals surface area contributed by atoms with Crippen LogP contribution in [0.15, 0.2) is 42.5 Å². The minimum Gasteiger partial charge on any atom is -0.366 e. The Morgan fingerprint density at radius 1 is 1.22 bits per heavy atom. The molecule has 0 radical (unpaired) electrons. The van der Waals surface area contributed by atoms with Crippen LogP contribution in [0, 0.1) is 17.0 Å². The number of primary amides is 1. The number of amides is 1. The number of hydrogen-bond donors (Lipinski definition) is 1. The highest BCUT2D eigenvalue weighted by Gasteiger charge is 2.27. The van der Waals surface area contributed by atoms with E-state index in [1.54, 1.807) is 24.3 Å². The van der Waals surface area contributed by atoms with E-state index in [9.17, 15) is 23.7 Å². The van der Waals surface area contributed by atoms with Crippen LogP contribution in [0.5, 0.6) is 0 Å². The first kappa shape index (κ1) is 18.4. The summed E-state index contributed by atoms with van der Waals surface area (Å²) in [6, 6.07) is 9.19. The van der Waals surface area contributed by atoms with E-state index in [1.165, 1.54) is 6.92 Å². The van der Waals surface area contributed by atoms with Gasteiger partial charge < -0.3 is 5.73 Å². The van der Waals surface area contributed by atoms with E-state index < -0.39 is 22.9 Å². The zero-order valence-electron chi connectivity index (χ0n) is 14.4. The first-order valence-corrected chi connectivity index (χ1v) is 8.17. The summed E-state index contributed by atoms with van der Waals surface area (Å²) in [6.45, 7) is 1.46. The van der Waals surface area contributed by atoms with Gasteiger partial charge in [-0.3, -0.25) is 14.9 Å². The molecule has 2 N–H and O–H groups in total. The molecule has 2 aromatic carbocycles. The Morgan fingerprint density at radius 3 is 2.52 bits per heavy atom. The lowest BCUT2D eigenvalue weighted by Crippen LogP contribution is -2.15. The summed E-state index contributed by atoms with van der Waals surface area (Å²) in [7, 11) is 0. The average Bonchev–Trinajstić information content (AvgIpc) is 2.62. The van der Waals surface area contributed by atoms with Crippen molar-refractivity contribution in [1.82, 2.24) is 0 Å². The van der Waals surface area contributed by atoms with Crippen molar-refractivity contribution in [1.29, 1.82) is 0 Å². The second kappa shape index (κ2) is 7.11. The summed E-state index contributed by atoms with van der Waals surface area (Å²) in [5.41, 5.74) is 6.35. The number of hydrogen-bond acceptors (Lipinski definition) is 3. The molecule has 0 saturated carbocycles. The van der Waals surface area contributed by atoms with Crippen molar-refractivity contribution in [2.24, 2.45) is 5.73 Å². The molecule has 1 amide bonds.